The van der Waals surface area contributed by atoms with Crippen LogP contribution in [0.5, 0.6) is 5.75 Å². The van der Waals surface area contributed by atoms with Gasteiger partial charge in [0.15, 0.2) is 0 Å². The summed E-state index contributed by atoms with van der Waals surface area (Å²) < 4.78 is 17.0. The highest BCUT2D eigenvalue weighted by atomic mass is 16.5. The van der Waals surface area contributed by atoms with Gasteiger partial charge in [-0.1, -0.05) is 100 Å². The third-order valence-electron chi connectivity index (χ3n) is 9.54. The van der Waals surface area contributed by atoms with Crippen LogP contribution in [0, 0.1) is 11.8 Å². The van der Waals surface area contributed by atoms with Crippen molar-refractivity contribution in [1.29, 1.82) is 0 Å². The normalized spacial score (nSPS) is 19.3. The lowest BCUT2D eigenvalue weighted by Crippen LogP contribution is -2.63. The number of fused-ring (bicyclic) bond motifs is 18. The van der Waals surface area contributed by atoms with Crippen LogP contribution in [-0.4, -0.2) is 85.6 Å². The molecule has 3 aromatic carbocycles. The molecule has 0 aliphatic carbocycles. The topological polar surface area (TPSA) is 176 Å². The first-order valence-electron chi connectivity index (χ1n) is 19.6. The van der Waals surface area contributed by atoms with Crippen molar-refractivity contribution in [2.45, 2.75) is 96.8 Å². The lowest BCUT2D eigenvalue weighted by atomic mass is 9.93. The van der Waals surface area contributed by atoms with E-state index in [0.29, 0.717) is 19.8 Å². The standard InChI is InChI=1S/C43H59N5O8/c1-29(2)36-40(50)44-22-25-54-23-12-7-13-24-55-34-20-18-32(19-21-34)27-45-38(42(52)47-36)39(49)35(26-31-14-8-5-9-15-31)46-41(51)37(30(3)4)48-43(53)56-28-33-16-10-6-11-17-33/h5-6,8-11,14-21,29-30,35-39,45,49H,7,12-13,22-28H2,1-4H3,(H,44,50)(H,46,51)(H,47,52)(H,48,53)/t35-,36-,37-,38+,39+/m0/s1. The maximum atomic E-state index is 14.3. The maximum absolute atomic E-state index is 14.3. The minimum atomic E-state index is -1.49. The van der Waals surface area contributed by atoms with Gasteiger partial charge >= 0.3 is 6.09 Å². The van der Waals surface area contributed by atoms with Gasteiger partial charge in [0.2, 0.25) is 17.7 Å². The number of aliphatic hydroxyl groups excluding tert-OH is 1. The van der Waals surface area contributed by atoms with Crippen LogP contribution in [0.25, 0.3) is 0 Å². The molecule has 3 aromatic rings. The molecule has 2 aliphatic heterocycles. The first-order valence-corrected chi connectivity index (χ1v) is 19.6. The summed E-state index contributed by atoms with van der Waals surface area (Å²) in [7, 11) is 0. The van der Waals surface area contributed by atoms with E-state index in [1.807, 2.05) is 98.8 Å². The van der Waals surface area contributed by atoms with E-state index in [-0.39, 0.29) is 43.9 Å². The fraction of sp³-hybridized carbons (Fsp3) is 0.488. The second kappa shape index (κ2) is 23.2. The third kappa shape index (κ3) is 14.6. The summed E-state index contributed by atoms with van der Waals surface area (Å²) in [4.78, 5) is 54.5. The Balaban J connectivity index is 1.59. The van der Waals surface area contributed by atoms with Crippen LogP contribution in [0.15, 0.2) is 84.9 Å². The summed E-state index contributed by atoms with van der Waals surface area (Å²) in [6.45, 7) is 9.16. The van der Waals surface area contributed by atoms with Gasteiger partial charge in [-0.2, -0.15) is 0 Å². The Hall–Kier alpha value is -4.98. The predicted molar refractivity (Wildman–Crippen MR) is 213 cm³/mol. The molecule has 0 fully saturated rings. The molecular formula is C43H59N5O8. The van der Waals surface area contributed by atoms with Crippen LogP contribution in [0.4, 0.5) is 4.79 Å². The molecule has 2 heterocycles. The molecule has 56 heavy (non-hydrogen) atoms. The molecule has 13 nitrogen and oxygen atoms in total. The van der Waals surface area contributed by atoms with Gasteiger partial charge in [-0.3, -0.25) is 19.7 Å². The van der Waals surface area contributed by atoms with E-state index in [1.54, 1.807) is 13.8 Å². The minimum Gasteiger partial charge on any atom is -0.494 e. The Morgan fingerprint density at radius 3 is 2.12 bits per heavy atom. The summed E-state index contributed by atoms with van der Waals surface area (Å²) in [5.74, 6) is -1.47. The number of hydrogen-bond acceptors (Lipinski definition) is 9. The van der Waals surface area contributed by atoms with Gasteiger partial charge in [-0.05, 0) is 66.3 Å². The van der Waals surface area contributed by atoms with Crippen LogP contribution in [-0.2, 0) is 43.4 Å². The lowest BCUT2D eigenvalue weighted by molar-refractivity contribution is -0.134. The molecule has 0 saturated heterocycles. The van der Waals surface area contributed by atoms with Crippen LogP contribution in [0.2, 0.25) is 0 Å². The van der Waals surface area contributed by atoms with Crippen LogP contribution in [0.1, 0.15) is 63.6 Å². The molecule has 0 unspecified atom stereocenters. The molecule has 2 bridgehead atoms. The van der Waals surface area contributed by atoms with Crippen molar-refractivity contribution in [2.75, 3.05) is 26.4 Å². The summed E-state index contributed by atoms with van der Waals surface area (Å²) in [5, 5.41) is 26.7. The van der Waals surface area contributed by atoms with Crippen molar-refractivity contribution in [3.05, 3.63) is 102 Å². The van der Waals surface area contributed by atoms with Gasteiger partial charge in [-0.15, -0.1) is 0 Å². The molecule has 5 atom stereocenters. The molecular weight excluding hydrogens is 715 g/mol. The number of rotatable bonds is 11. The number of alkyl carbamates (subject to hydrolysis) is 1. The molecule has 304 valence electrons. The molecule has 4 amide bonds. The summed E-state index contributed by atoms with van der Waals surface area (Å²) in [6.07, 6.45) is 0.586. The Labute approximate surface area is 330 Å². The van der Waals surface area contributed by atoms with Crippen molar-refractivity contribution < 1.29 is 38.5 Å². The van der Waals surface area contributed by atoms with Crippen LogP contribution >= 0.6 is 0 Å². The molecule has 6 N–H and O–H groups in total. The number of carbonyl (C=O) groups is 4. The van der Waals surface area contributed by atoms with Crippen molar-refractivity contribution in [2.24, 2.45) is 11.8 Å². The van der Waals surface area contributed by atoms with Gasteiger partial charge in [0.1, 0.15) is 30.5 Å². The average Bonchev–Trinajstić information content (AvgIpc) is 3.19. The second-order valence-corrected chi connectivity index (χ2v) is 14.8. The number of ether oxygens (including phenoxy) is 3. The number of nitrogens with one attached hydrogen (secondary N) is 5. The van der Waals surface area contributed by atoms with E-state index < -0.39 is 48.2 Å². The molecule has 5 rings (SSSR count). The van der Waals surface area contributed by atoms with Gasteiger partial charge in [0.05, 0.1) is 25.4 Å². The highest BCUT2D eigenvalue weighted by Crippen LogP contribution is 2.16. The van der Waals surface area contributed by atoms with Crippen molar-refractivity contribution in [3.8, 4) is 5.75 Å². The highest BCUT2D eigenvalue weighted by molar-refractivity contribution is 5.90. The molecule has 0 aromatic heterocycles. The van der Waals surface area contributed by atoms with E-state index in [0.717, 1.165) is 41.7 Å². The fourth-order valence-electron chi connectivity index (χ4n) is 6.27. The molecule has 0 saturated carbocycles. The molecule has 0 radical (unpaired) electrons. The van der Waals surface area contributed by atoms with Gasteiger partial charge in [0.25, 0.3) is 0 Å². The zero-order valence-corrected chi connectivity index (χ0v) is 33.0. The summed E-state index contributed by atoms with van der Waals surface area (Å²) in [6, 6.07) is 21.7. The van der Waals surface area contributed by atoms with E-state index in [2.05, 4.69) is 26.6 Å². The predicted octanol–water partition coefficient (Wildman–Crippen LogP) is 4.02. The van der Waals surface area contributed by atoms with Gasteiger partial charge < -0.3 is 40.6 Å². The number of amides is 4. The largest absolute Gasteiger partial charge is 0.494 e. The van der Waals surface area contributed by atoms with Gasteiger partial charge in [-0.25, -0.2) is 4.79 Å². The third-order valence-corrected chi connectivity index (χ3v) is 9.54. The number of carbonyl (C=O) groups excluding carboxylic acids is 4. The summed E-state index contributed by atoms with van der Waals surface area (Å²) in [5.41, 5.74) is 2.42. The van der Waals surface area contributed by atoms with Crippen LogP contribution in [0.3, 0.4) is 0 Å². The number of benzene rings is 3. The smallest absolute Gasteiger partial charge is 0.408 e. The van der Waals surface area contributed by atoms with E-state index in [4.69, 9.17) is 14.2 Å². The lowest BCUT2D eigenvalue weighted by Gasteiger charge is -2.33. The Morgan fingerprint density at radius 2 is 1.46 bits per heavy atom. The molecule has 2 aliphatic rings. The second-order valence-electron chi connectivity index (χ2n) is 14.8. The van der Waals surface area contributed by atoms with Crippen LogP contribution < -0.4 is 31.3 Å². The Kier molecular flexibility index (Phi) is 18.1. The fourth-order valence-corrected chi connectivity index (χ4v) is 6.27. The first-order chi connectivity index (χ1) is 27.0. The average molecular weight is 774 g/mol. The van der Waals surface area contributed by atoms with Crippen molar-refractivity contribution >= 4 is 23.8 Å². The van der Waals surface area contributed by atoms with Crippen molar-refractivity contribution in [3.63, 3.8) is 0 Å². The SMILES string of the molecule is CC(C)[C@H](NC(=O)OCc1ccccc1)C(=O)N[C@@H](Cc1ccccc1)[C@@H](O)[C@H]1NCc2ccc(cc2)OCCCCCOCCNC(=O)[C@H](C(C)C)NC1=O. The molecule has 13 heteroatoms. The van der Waals surface area contributed by atoms with E-state index in [9.17, 15) is 24.3 Å². The highest BCUT2D eigenvalue weighted by Gasteiger charge is 2.38. The zero-order valence-electron chi connectivity index (χ0n) is 33.0. The Bertz CT molecular complexity index is 1640. The molecule has 0 spiro atoms. The maximum Gasteiger partial charge on any atom is 0.408 e. The quantitative estimate of drug-likeness (QED) is 0.157. The Morgan fingerprint density at radius 1 is 0.804 bits per heavy atom. The van der Waals surface area contributed by atoms with Crippen molar-refractivity contribution in [1.82, 2.24) is 26.6 Å². The van der Waals surface area contributed by atoms with E-state index in [1.165, 1.54) is 0 Å². The minimum absolute atomic E-state index is 0.0236. The van der Waals surface area contributed by atoms with Gasteiger partial charge in [0, 0.05) is 19.7 Å². The first kappa shape index (κ1) is 43.7. The summed E-state index contributed by atoms with van der Waals surface area (Å²) >= 11 is 0. The number of hydrogen-bond donors (Lipinski definition) is 6. The zero-order chi connectivity index (χ0) is 40.3. The van der Waals surface area contributed by atoms with E-state index >= 15 is 0 Å². The number of aliphatic hydroxyl groups is 1. The monoisotopic (exact) mass is 773 g/mol.